The van der Waals surface area contributed by atoms with Crippen molar-refractivity contribution < 1.29 is 14.7 Å². The van der Waals surface area contributed by atoms with Gasteiger partial charge in [-0.15, -0.1) is 0 Å². The van der Waals surface area contributed by atoms with E-state index in [0.29, 0.717) is 29.0 Å². The third-order valence-electron chi connectivity index (χ3n) is 7.36. The fraction of sp³-hybridized carbons (Fsp3) is 0.348. The Balaban J connectivity index is 1.89. The van der Waals surface area contributed by atoms with E-state index in [9.17, 15) is 20.0 Å². The Bertz CT molecular complexity index is 1160. The Morgan fingerprint density at radius 2 is 1.43 bits per heavy atom. The number of rotatable bonds is 1. The first-order chi connectivity index (χ1) is 14.3. The number of hydrogen-bond donors (Lipinski definition) is 1. The normalized spacial score (nSPS) is 32.6. The monoisotopic (exact) mass is 402 g/mol. The number of nitriles is 1. The average molecular weight is 402 g/mol. The summed E-state index contributed by atoms with van der Waals surface area (Å²) in [5, 5.41) is 22.9. The quantitative estimate of drug-likeness (QED) is 0.782. The van der Waals surface area contributed by atoms with Gasteiger partial charge in [-0.25, -0.2) is 0 Å². The lowest BCUT2D eigenvalue weighted by molar-refractivity contribution is -0.162. The molecule has 2 aromatic rings. The molecule has 1 N–H and O–H groups in total. The SMILES string of the molecule is CN1C(=O)C(O)(C2(C#N)CCN(C)C23C(=O)N(C)c2ccccc23)c2ccccc21. The number of nitrogens with zero attached hydrogens (tertiary/aromatic N) is 4. The zero-order valence-corrected chi connectivity index (χ0v) is 17.1. The number of fused-ring (bicyclic) bond motifs is 3. The highest BCUT2D eigenvalue weighted by molar-refractivity contribution is 6.12. The van der Waals surface area contributed by atoms with E-state index in [1.807, 2.05) is 29.2 Å². The molecule has 5 rings (SSSR count). The molecule has 7 nitrogen and oxygen atoms in total. The molecule has 2 aromatic carbocycles. The minimum Gasteiger partial charge on any atom is -0.374 e. The predicted octanol–water partition coefficient (Wildman–Crippen LogP) is 1.57. The van der Waals surface area contributed by atoms with Gasteiger partial charge in [0.2, 0.25) is 0 Å². The summed E-state index contributed by atoms with van der Waals surface area (Å²) in [5.41, 5.74) is -3.09. The van der Waals surface area contributed by atoms with E-state index in [1.54, 1.807) is 45.4 Å². The van der Waals surface area contributed by atoms with Crippen LogP contribution in [0.3, 0.4) is 0 Å². The lowest BCUT2D eigenvalue weighted by Gasteiger charge is -2.47. The van der Waals surface area contributed by atoms with Crippen LogP contribution in [0.4, 0.5) is 11.4 Å². The van der Waals surface area contributed by atoms with E-state index < -0.39 is 22.5 Å². The molecule has 7 heteroatoms. The van der Waals surface area contributed by atoms with Crippen LogP contribution in [-0.2, 0) is 20.7 Å². The van der Waals surface area contributed by atoms with Gasteiger partial charge in [-0.2, -0.15) is 5.26 Å². The van der Waals surface area contributed by atoms with Crippen LogP contribution in [0.1, 0.15) is 17.5 Å². The summed E-state index contributed by atoms with van der Waals surface area (Å²) in [4.78, 5) is 32.2. The summed E-state index contributed by atoms with van der Waals surface area (Å²) >= 11 is 0. The zero-order valence-electron chi connectivity index (χ0n) is 17.1. The summed E-state index contributed by atoms with van der Waals surface area (Å²) in [6, 6.07) is 16.6. The second-order valence-corrected chi connectivity index (χ2v) is 8.37. The van der Waals surface area contributed by atoms with E-state index in [2.05, 4.69) is 6.07 Å². The highest BCUT2D eigenvalue weighted by Crippen LogP contribution is 2.66. The summed E-state index contributed by atoms with van der Waals surface area (Å²) in [6.45, 7) is 0.392. The first-order valence-electron chi connectivity index (χ1n) is 9.89. The van der Waals surface area contributed by atoms with Gasteiger partial charge < -0.3 is 14.9 Å². The van der Waals surface area contributed by atoms with Crippen LogP contribution >= 0.6 is 0 Å². The Morgan fingerprint density at radius 1 is 0.900 bits per heavy atom. The summed E-state index contributed by atoms with van der Waals surface area (Å²) in [6.07, 6.45) is 0.179. The third kappa shape index (κ3) is 1.67. The molecule has 0 radical (unpaired) electrons. The first kappa shape index (κ1) is 18.8. The maximum Gasteiger partial charge on any atom is 0.265 e. The second-order valence-electron chi connectivity index (χ2n) is 8.37. The highest BCUT2D eigenvalue weighted by atomic mass is 16.3. The van der Waals surface area contributed by atoms with Crippen molar-refractivity contribution in [2.45, 2.75) is 17.6 Å². The van der Waals surface area contributed by atoms with Gasteiger partial charge >= 0.3 is 0 Å². The summed E-state index contributed by atoms with van der Waals surface area (Å²) in [5.74, 6) is -0.890. The number of hydrogen-bond acceptors (Lipinski definition) is 5. The molecular formula is C23H22N4O3. The number of carbonyl (C=O) groups excluding carboxylic acids is 2. The van der Waals surface area contributed by atoms with E-state index in [0.717, 1.165) is 0 Å². The number of likely N-dealkylation sites (tertiary alicyclic amines) is 1. The Morgan fingerprint density at radius 3 is 2.07 bits per heavy atom. The van der Waals surface area contributed by atoms with Crippen molar-refractivity contribution in [3.8, 4) is 6.07 Å². The molecule has 3 atom stereocenters. The molecule has 1 saturated heterocycles. The lowest BCUT2D eigenvalue weighted by atomic mass is 9.57. The van der Waals surface area contributed by atoms with Crippen molar-refractivity contribution in [1.82, 2.24) is 4.90 Å². The van der Waals surface area contributed by atoms with Crippen molar-refractivity contribution in [2.75, 3.05) is 37.5 Å². The molecule has 3 aliphatic rings. The third-order valence-corrected chi connectivity index (χ3v) is 7.36. The van der Waals surface area contributed by atoms with Gasteiger partial charge in [-0.1, -0.05) is 36.4 Å². The van der Waals surface area contributed by atoms with Crippen LogP contribution in [-0.4, -0.2) is 49.5 Å². The summed E-state index contributed by atoms with van der Waals surface area (Å²) in [7, 11) is 5.04. The number of anilines is 2. The molecule has 0 aliphatic carbocycles. The average Bonchev–Trinajstić information content (AvgIpc) is 3.28. The smallest absolute Gasteiger partial charge is 0.265 e. The van der Waals surface area contributed by atoms with Gasteiger partial charge in [0.25, 0.3) is 11.8 Å². The molecule has 2 amide bonds. The molecule has 1 fully saturated rings. The number of likely N-dealkylation sites (N-methyl/N-ethyl adjacent to an activating group) is 3. The minimum atomic E-state index is -2.16. The van der Waals surface area contributed by atoms with Crippen molar-refractivity contribution in [1.29, 1.82) is 5.26 Å². The van der Waals surface area contributed by atoms with Crippen LogP contribution in [0.5, 0.6) is 0 Å². The zero-order chi connectivity index (χ0) is 21.5. The van der Waals surface area contributed by atoms with E-state index in [-0.39, 0.29) is 12.3 Å². The molecule has 0 saturated carbocycles. The fourth-order valence-electron chi connectivity index (χ4n) is 5.94. The van der Waals surface area contributed by atoms with Gasteiger partial charge in [0.1, 0.15) is 5.41 Å². The molecule has 3 unspecified atom stereocenters. The van der Waals surface area contributed by atoms with Crippen molar-refractivity contribution in [3.63, 3.8) is 0 Å². The number of benzene rings is 2. The largest absolute Gasteiger partial charge is 0.374 e. The highest BCUT2D eigenvalue weighted by Gasteiger charge is 2.79. The lowest BCUT2D eigenvalue weighted by Crippen LogP contribution is -2.65. The summed E-state index contributed by atoms with van der Waals surface area (Å²) < 4.78 is 0. The minimum absolute atomic E-state index is 0.179. The number of amides is 2. The van der Waals surface area contributed by atoms with Crippen molar-refractivity contribution in [2.24, 2.45) is 5.41 Å². The van der Waals surface area contributed by atoms with Gasteiger partial charge in [0.05, 0.1) is 11.8 Å². The Kier molecular flexibility index (Phi) is 3.56. The molecular weight excluding hydrogens is 380 g/mol. The molecule has 0 bridgehead atoms. The van der Waals surface area contributed by atoms with Crippen LogP contribution in [0.2, 0.25) is 0 Å². The van der Waals surface area contributed by atoms with Gasteiger partial charge in [-0.05, 0) is 25.6 Å². The first-order valence-corrected chi connectivity index (χ1v) is 9.89. The molecule has 30 heavy (non-hydrogen) atoms. The van der Waals surface area contributed by atoms with Crippen LogP contribution in [0, 0.1) is 16.7 Å². The van der Waals surface area contributed by atoms with Crippen LogP contribution < -0.4 is 9.80 Å². The predicted molar refractivity (Wildman–Crippen MR) is 111 cm³/mol. The maximum atomic E-state index is 13.9. The van der Waals surface area contributed by atoms with Gasteiger partial charge in [0.15, 0.2) is 11.1 Å². The Labute approximate surface area is 174 Å². The second kappa shape index (κ2) is 5.69. The maximum absolute atomic E-state index is 13.9. The molecule has 1 spiro atoms. The number of carbonyl (C=O) groups is 2. The topological polar surface area (TPSA) is 87.9 Å². The van der Waals surface area contributed by atoms with Crippen LogP contribution in [0.15, 0.2) is 48.5 Å². The molecule has 0 aromatic heterocycles. The number of para-hydroxylation sites is 2. The number of aliphatic hydroxyl groups is 1. The van der Waals surface area contributed by atoms with Gasteiger partial charge in [-0.3, -0.25) is 14.5 Å². The van der Waals surface area contributed by atoms with Crippen molar-refractivity contribution in [3.05, 3.63) is 59.7 Å². The van der Waals surface area contributed by atoms with E-state index >= 15 is 0 Å². The molecule has 3 aliphatic heterocycles. The van der Waals surface area contributed by atoms with Crippen molar-refractivity contribution >= 4 is 23.2 Å². The standard InChI is InChI=1S/C23H22N4O3/c1-25-13-12-21(14-24,22(25)15-8-4-6-10-17(15)26(2)19(22)28)23(30)16-9-5-7-11-18(16)27(3)20(23)29/h4-11,30H,12-13H2,1-3H3. The Hall–Kier alpha value is -3.21. The van der Waals surface area contributed by atoms with Crippen LogP contribution in [0.25, 0.3) is 0 Å². The van der Waals surface area contributed by atoms with E-state index in [4.69, 9.17) is 0 Å². The molecule has 3 heterocycles. The van der Waals surface area contributed by atoms with Gasteiger partial charge in [0, 0.05) is 37.5 Å². The fourth-order valence-corrected chi connectivity index (χ4v) is 5.94. The molecule has 152 valence electrons. The van der Waals surface area contributed by atoms with E-state index in [1.165, 1.54) is 9.80 Å².